The molecule has 0 bridgehead atoms. The van der Waals surface area contributed by atoms with Gasteiger partial charge < -0.3 is 24.8 Å². The van der Waals surface area contributed by atoms with E-state index in [-0.39, 0.29) is 30.2 Å². The Hall–Kier alpha value is -2.64. The molecule has 2 heterocycles. The predicted octanol–water partition coefficient (Wildman–Crippen LogP) is 6.13. The molecule has 1 saturated heterocycles. The number of benzene rings is 1. The average Bonchev–Trinajstić information content (AvgIpc) is 3.45. The van der Waals surface area contributed by atoms with Gasteiger partial charge in [-0.25, -0.2) is 4.79 Å². The summed E-state index contributed by atoms with van der Waals surface area (Å²) in [4.78, 5) is 19.1. The molecule has 3 aliphatic rings. The minimum atomic E-state index is -0.533. The molecule has 2 fully saturated rings. The molecular weight excluding hydrogens is 466 g/mol. The summed E-state index contributed by atoms with van der Waals surface area (Å²) in [5.74, 6) is 1.11. The molecule has 1 amide bonds. The molecule has 1 aliphatic carbocycles. The number of nitrogens with two attached hydrogens (primary N) is 1. The number of nitrogens with zero attached hydrogens (tertiary/aromatic N) is 2. The van der Waals surface area contributed by atoms with Gasteiger partial charge in [-0.05, 0) is 61.3 Å². The molecule has 2 N–H and O–H groups in total. The molecule has 7 nitrogen and oxygen atoms in total. The molecular formula is C30H43N3O4. The van der Waals surface area contributed by atoms with E-state index in [0.717, 1.165) is 54.9 Å². The van der Waals surface area contributed by atoms with Crippen molar-refractivity contribution in [3.8, 4) is 5.75 Å². The Kier molecular flexibility index (Phi) is 9.08. The number of anilines is 1. The second kappa shape index (κ2) is 12.3. The lowest BCUT2D eigenvalue weighted by Gasteiger charge is -2.42. The van der Waals surface area contributed by atoms with Crippen LogP contribution in [0.5, 0.6) is 5.75 Å². The molecule has 1 aromatic rings. The highest BCUT2D eigenvalue weighted by Gasteiger charge is 2.42. The number of allylic oxidation sites excluding steroid dienone is 1. The molecule has 2 aliphatic heterocycles. The Labute approximate surface area is 221 Å². The van der Waals surface area contributed by atoms with Crippen LogP contribution in [0.15, 0.2) is 47.5 Å². The van der Waals surface area contributed by atoms with Crippen LogP contribution >= 0.6 is 0 Å². The van der Waals surface area contributed by atoms with Gasteiger partial charge in [0.1, 0.15) is 18.0 Å². The van der Waals surface area contributed by atoms with Gasteiger partial charge in [0.25, 0.3) is 0 Å². The van der Waals surface area contributed by atoms with Crippen molar-refractivity contribution in [3.63, 3.8) is 0 Å². The molecule has 4 unspecified atom stereocenters. The molecule has 0 spiro atoms. The minimum absolute atomic E-state index is 0.0583. The van der Waals surface area contributed by atoms with Crippen LogP contribution < -0.4 is 15.4 Å². The topological polar surface area (TPSA) is 86.4 Å². The second-order valence-electron chi connectivity index (χ2n) is 10.7. The summed E-state index contributed by atoms with van der Waals surface area (Å²) < 4.78 is 17.2. The summed E-state index contributed by atoms with van der Waals surface area (Å²) in [6.45, 7) is 13.9. The number of aliphatic imine (C=N–C) groups is 1. The van der Waals surface area contributed by atoms with E-state index in [0.29, 0.717) is 24.8 Å². The van der Waals surface area contributed by atoms with Crippen LogP contribution in [0.1, 0.15) is 77.8 Å². The number of hydrogen-bond donors (Lipinski definition) is 1. The Morgan fingerprint density at radius 2 is 2.05 bits per heavy atom. The summed E-state index contributed by atoms with van der Waals surface area (Å²) in [7, 11) is 0. The fourth-order valence-corrected chi connectivity index (χ4v) is 5.39. The van der Waals surface area contributed by atoms with Gasteiger partial charge >= 0.3 is 6.09 Å². The van der Waals surface area contributed by atoms with Crippen molar-refractivity contribution in [2.24, 2.45) is 16.6 Å². The van der Waals surface area contributed by atoms with E-state index in [1.54, 1.807) is 0 Å². The maximum atomic E-state index is 12.4. The van der Waals surface area contributed by atoms with Crippen molar-refractivity contribution in [2.45, 2.75) is 96.6 Å². The van der Waals surface area contributed by atoms with E-state index >= 15 is 0 Å². The number of carbonyl (C=O) groups excluding carboxylic acids is 1. The van der Waals surface area contributed by atoms with Gasteiger partial charge in [-0.1, -0.05) is 46.4 Å². The molecule has 202 valence electrons. The first-order valence-electron chi connectivity index (χ1n) is 13.9. The smallest absolute Gasteiger partial charge is 0.434 e. The Balaban J connectivity index is 1.51. The third-order valence-corrected chi connectivity index (χ3v) is 7.80. The quantitative estimate of drug-likeness (QED) is 0.302. The number of carbonyl (C=O) groups is 1. The number of ether oxygens (including phenoxy) is 3. The lowest BCUT2D eigenvalue weighted by atomic mass is 9.89. The summed E-state index contributed by atoms with van der Waals surface area (Å²) in [6.07, 6.45) is 9.09. The van der Waals surface area contributed by atoms with Crippen molar-refractivity contribution in [1.29, 1.82) is 0 Å². The standard InChI is InChI=1S/C30H43N3O4/c1-6-21(32-30(34)37-27(7-2)19(3)4)12-11-20(5)29-28(31)25-14-13-23(36-24-15-16-35-18-24)17-26(25)33(29)22-9-8-10-22/h11-14,17,19,22,24,27-29H,5-10,15-16,18,31H2,1-4H3/b12-11-,32-21?. The third-order valence-electron chi connectivity index (χ3n) is 7.80. The van der Waals surface area contributed by atoms with E-state index in [2.05, 4.69) is 28.6 Å². The van der Waals surface area contributed by atoms with Crippen LogP contribution in [-0.4, -0.2) is 49.3 Å². The molecule has 1 saturated carbocycles. The Bertz CT molecular complexity index is 1020. The van der Waals surface area contributed by atoms with Crippen LogP contribution in [0.3, 0.4) is 0 Å². The SMILES string of the molecule is C=C(/C=C\C(CC)=NC(=O)OC(CC)C(C)C)C1C(N)c2ccc(OC3CCOC3)cc2N1C1CCC1. The van der Waals surface area contributed by atoms with Gasteiger partial charge in [0.2, 0.25) is 0 Å². The van der Waals surface area contributed by atoms with Gasteiger partial charge in [-0.3, -0.25) is 0 Å². The predicted molar refractivity (Wildman–Crippen MR) is 149 cm³/mol. The summed E-state index contributed by atoms with van der Waals surface area (Å²) in [5, 5.41) is 0. The molecule has 0 aromatic heterocycles. The fraction of sp³-hybridized carbons (Fsp3) is 0.600. The van der Waals surface area contributed by atoms with Crippen LogP contribution in [0.4, 0.5) is 10.5 Å². The van der Waals surface area contributed by atoms with Crippen molar-refractivity contribution in [2.75, 3.05) is 18.1 Å². The van der Waals surface area contributed by atoms with Gasteiger partial charge in [0, 0.05) is 29.9 Å². The fourth-order valence-electron chi connectivity index (χ4n) is 5.39. The van der Waals surface area contributed by atoms with Crippen LogP contribution in [0.2, 0.25) is 0 Å². The number of hydrogen-bond acceptors (Lipinski definition) is 6. The third kappa shape index (κ3) is 6.27. The van der Waals surface area contributed by atoms with Crippen LogP contribution in [-0.2, 0) is 9.47 Å². The summed E-state index contributed by atoms with van der Waals surface area (Å²) >= 11 is 0. The van der Waals surface area contributed by atoms with Gasteiger partial charge in [0.05, 0.1) is 25.3 Å². The zero-order chi connectivity index (χ0) is 26.5. The van der Waals surface area contributed by atoms with E-state index < -0.39 is 6.09 Å². The van der Waals surface area contributed by atoms with Crippen molar-refractivity contribution >= 4 is 17.5 Å². The van der Waals surface area contributed by atoms with Crippen LogP contribution in [0, 0.1) is 5.92 Å². The highest BCUT2D eigenvalue weighted by atomic mass is 16.6. The largest absolute Gasteiger partial charge is 0.488 e. The molecule has 1 aromatic carbocycles. The lowest BCUT2D eigenvalue weighted by Crippen LogP contribution is -2.47. The average molecular weight is 510 g/mol. The van der Waals surface area contributed by atoms with Crippen molar-refractivity contribution < 1.29 is 19.0 Å². The molecule has 7 heteroatoms. The number of amides is 1. The zero-order valence-electron chi connectivity index (χ0n) is 22.8. The van der Waals surface area contributed by atoms with E-state index in [4.69, 9.17) is 19.9 Å². The van der Waals surface area contributed by atoms with E-state index in [1.807, 2.05) is 45.9 Å². The first-order valence-corrected chi connectivity index (χ1v) is 13.9. The highest BCUT2D eigenvalue weighted by Crippen LogP contribution is 2.47. The van der Waals surface area contributed by atoms with Crippen LogP contribution in [0.25, 0.3) is 0 Å². The Morgan fingerprint density at radius 1 is 1.27 bits per heavy atom. The monoisotopic (exact) mass is 509 g/mol. The first kappa shape index (κ1) is 27.4. The van der Waals surface area contributed by atoms with Crippen molar-refractivity contribution in [3.05, 3.63) is 48.1 Å². The van der Waals surface area contributed by atoms with E-state index in [1.165, 1.54) is 6.42 Å². The molecule has 0 radical (unpaired) electrons. The lowest BCUT2D eigenvalue weighted by molar-refractivity contribution is 0.0766. The summed E-state index contributed by atoms with van der Waals surface area (Å²) in [6, 6.07) is 6.43. The second-order valence-corrected chi connectivity index (χ2v) is 10.7. The normalized spacial score (nSPS) is 24.9. The summed E-state index contributed by atoms with van der Waals surface area (Å²) in [5.41, 5.74) is 10.7. The van der Waals surface area contributed by atoms with E-state index in [9.17, 15) is 4.79 Å². The minimum Gasteiger partial charge on any atom is -0.488 e. The first-order chi connectivity index (χ1) is 17.8. The highest BCUT2D eigenvalue weighted by molar-refractivity contribution is 6.01. The number of fused-ring (bicyclic) bond motifs is 1. The molecule has 4 atom stereocenters. The maximum Gasteiger partial charge on any atom is 0.434 e. The maximum absolute atomic E-state index is 12.4. The van der Waals surface area contributed by atoms with Crippen molar-refractivity contribution in [1.82, 2.24) is 0 Å². The molecule has 4 rings (SSSR count). The Morgan fingerprint density at radius 3 is 2.65 bits per heavy atom. The van der Waals surface area contributed by atoms with Gasteiger partial charge in [-0.2, -0.15) is 4.99 Å². The zero-order valence-corrected chi connectivity index (χ0v) is 22.8. The number of rotatable bonds is 10. The van der Waals surface area contributed by atoms with Gasteiger partial charge in [0.15, 0.2) is 0 Å². The molecule has 37 heavy (non-hydrogen) atoms. The van der Waals surface area contributed by atoms with Gasteiger partial charge in [-0.15, -0.1) is 0 Å².